The molecule has 0 atom stereocenters. The Morgan fingerprint density at radius 2 is 1.87 bits per heavy atom. The summed E-state index contributed by atoms with van der Waals surface area (Å²) in [4.78, 5) is 46.2. The van der Waals surface area contributed by atoms with E-state index in [4.69, 9.17) is 5.73 Å². The predicted octanol–water partition coefficient (Wildman–Crippen LogP) is 2.91. The monoisotopic (exact) mass is 553 g/mol. The van der Waals surface area contributed by atoms with Crippen molar-refractivity contribution in [1.29, 1.82) is 0 Å². The van der Waals surface area contributed by atoms with Crippen molar-refractivity contribution in [2.45, 2.75) is 26.2 Å². The minimum Gasteiger partial charge on any atom is -0.327 e. The number of aromatic nitrogens is 4. The maximum atomic E-state index is 12.9. The summed E-state index contributed by atoms with van der Waals surface area (Å²) in [5, 5.41) is 4.14. The highest BCUT2D eigenvalue weighted by atomic mass is 19.4. The Morgan fingerprint density at radius 3 is 2.49 bits per heavy atom. The molecule has 4 rings (SSSR count). The second-order valence-corrected chi connectivity index (χ2v) is 8.53. The van der Waals surface area contributed by atoms with Crippen molar-refractivity contribution in [3.8, 4) is 16.9 Å². The summed E-state index contributed by atoms with van der Waals surface area (Å²) < 4.78 is 65.9. The van der Waals surface area contributed by atoms with Crippen LogP contribution in [-0.4, -0.2) is 56.0 Å². The van der Waals surface area contributed by atoms with E-state index in [2.05, 4.69) is 14.9 Å². The van der Waals surface area contributed by atoms with Crippen molar-refractivity contribution in [3.05, 3.63) is 70.1 Å². The van der Waals surface area contributed by atoms with Crippen molar-refractivity contribution >= 4 is 17.7 Å². The number of alkyl halides is 3. The first-order valence-electron chi connectivity index (χ1n) is 11.1. The van der Waals surface area contributed by atoms with Crippen LogP contribution in [0, 0.1) is 6.92 Å². The van der Waals surface area contributed by atoms with Crippen molar-refractivity contribution in [1.82, 2.24) is 24.2 Å². The van der Waals surface area contributed by atoms with Gasteiger partial charge in [0, 0.05) is 37.5 Å². The van der Waals surface area contributed by atoms with Gasteiger partial charge in [0.25, 0.3) is 6.08 Å². The van der Waals surface area contributed by atoms with Crippen molar-refractivity contribution in [2.75, 3.05) is 18.7 Å². The standard InChI is InChI=1S/C23H20F5N7O4/c1-12-5-14(8-30-19(12)33-11-31-34(22(33)38)10-16(7-29)18(24)25)13-3-4-17-15(6-13)9-32(2)21(37)35(17)39-20(36)23(26,27)28/h3-6,8,11H,7,9-10,29H2,1-2H3. The maximum Gasteiger partial charge on any atom is 0.493 e. The molecule has 2 amide bonds. The van der Waals surface area contributed by atoms with Crippen LogP contribution in [-0.2, 0) is 22.7 Å². The highest BCUT2D eigenvalue weighted by molar-refractivity contribution is 5.95. The zero-order valence-corrected chi connectivity index (χ0v) is 20.4. The number of amides is 2. The number of aryl methyl sites for hydroxylation is 1. The number of hydrogen-bond donors (Lipinski definition) is 1. The number of halogens is 5. The van der Waals surface area contributed by atoms with E-state index in [0.717, 1.165) is 20.5 Å². The molecule has 0 saturated heterocycles. The summed E-state index contributed by atoms with van der Waals surface area (Å²) in [5.74, 6) is -2.34. The molecule has 0 radical (unpaired) electrons. The molecule has 0 spiro atoms. The van der Waals surface area contributed by atoms with Crippen LogP contribution in [0.5, 0.6) is 0 Å². The highest BCUT2D eigenvalue weighted by Crippen LogP contribution is 2.34. The number of pyridine rings is 1. The van der Waals surface area contributed by atoms with E-state index >= 15 is 0 Å². The number of benzene rings is 1. The average molecular weight is 553 g/mol. The summed E-state index contributed by atoms with van der Waals surface area (Å²) in [6.45, 7) is 0.759. The van der Waals surface area contributed by atoms with Gasteiger partial charge in [0.1, 0.15) is 12.1 Å². The van der Waals surface area contributed by atoms with Gasteiger partial charge >= 0.3 is 23.9 Å². The molecular weight excluding hydrogens is 533 g/mol. The Balaban J connectivity index is 1.64. The number of carbonyl (C=O) groups excluding carboxylic acids is 2. The van der Waals surface area contributed by atoms with Gasteiger partial charge in [-0.1, -0.05) is 6.07 Å². The van der Waals surface area contributed by atoms with Gasteiger partial charge in [-0.3, -0.25) is 0 Å². The van der Waals surface area contributed by atoms with E-state index in [1.165, 1.54) is 25.4 Å². The Hall–Kier alpha value is -4.60. The van der Waals surface area contributed by atoms with Gasteiger partial charge < -0.3 is 15.5 Å². The predicted molar refractivity (Wildman–Crippen MR) is 126 cm³/mol. The van der Waals surface area contributed by atoms with Gasteiger partial charge in [0.05, 0.1) is 12.2 Å². The van der Waals surface area contributed by atoms with E-state index in [1.54, 1.807) is 19.1 Å². The fraction of sp³-hybridized carbons (Fsp3) is 0.261. The molecule has 0 bridgehead atoms. The van der Waals surface area contributed by atoms with Crippen LogP contribution < -0.4 is 16.5 Å². The molecule has 1 aliphatic rings. The fourth-order valence-corrected chi connectivity index (χ4v) is 3.84. The van der Waals surface area contributed by atoms with Crippen LogP contribution in [0.25, 0.3) is 16.9 Å². The normalized spacial score (nSPS) is 13.4. The minimum atomic E-state index is -5.30. The van der Waals surface area contributed by atoms with Crippen LogP contribution in [0.1, 0.15) is 11.1 Å². The first-order chi connectivity index (χ1) is 18.3. The molecule has 3 aromatic rings. The van der Waals surface area contributed by atoms with Crippen molar-refractivity contribution in [2.24, 2.45) is 5.73 Å². The average Bonchev–Trinajstić information content (AvgIpc) is 3.23. The van der Waals surface area contributed by atoms with E-state index in [0.29, 0.717) is 22.3 Å². The van der Waals surface area contributed by atoms with Crippen LogP contribution in [0.3, 0.4) is 0 Å². The maximum absolute atomic E-state index is 12.9. The van der Waals surface area contributed by atoms with Crippen molar-refractivity contribution < 1.29 is 36.4 Å². The van der Waals surface area contributed by atoms with Gasteiger partial charge in [-0.05, 0) is 41.8 Å². The second kappa shape index (κ2) is 10.3. The fourth-order valence-electron chi connectivity index (χ4n) is 3.84. The van der Waals surface area contributed by atoms with Gasteiger partial charge in [-0.25, -0.2) is 28.6 Å². The lowest BCUT2D eigenvalue weighted by molar-refractivity contribution is -0.200. The number of nitrogens with zero attached hydrogens (tertiary/aromatic N) is 6. The quantitative estimate of drug-likeness (QED) is 0.465. The number of anilines is 1. The Morgan fingerprint density at radius 1 is 1.15 bits per heavy atom. The molecule has 2 N–H and O–H groups in total. The van der Waals surface area contributed by atoms with Crippen molar-refractivity contribution in [3.63, 3.8) is 0 Å². The Kier molecular flexibility index (Phi) is 7.23. The summed E-state index contributed by atoms with van der Waals surface area (Å²) in [6.07, 6.45) is -4.71. The molecule has 206 valence electrons. The minimum absolute atomic E-state index is 0.0276. The number of carbonyl (C=O) groups is 2. The largest absolute Gasteiger partial charge is 0.493 e. The van der Waals surface area contributed by atoms with Crippen LogP contribution in [0.2, 0.25) is 0 Å². The summed E-state index contributed by atoms with van der Waals surface area (Å²) >= 11 is 0. The molecule has 0 aliphatic carbocycles. The first kappa shape index (κ1) is 27.4. The van der Waals surface area contributed by atoms with Gasteiger partial charge in [-0.15, -0.1) is 5.06 Å². The lowest BCUT2D eigenvalue weighted by Gasteiger charge is -2.33. The smallest absolute Gasteiger partial charge is 0.327 e. The van der Waals surface area contributed by atoms with E-state index < -0.39 is 48.6 Å². The van der Waals surface area contributed by atoms with E-state index in [9.17, 15) is 36.3 Å². The number of rotatable bonds is 6. The first-order valence-corrected chi connectivity index (χ1v) is 11.1. The third kappa shape index (κ3) is 5.36. The SMILES string of the molecule is Cc1cc(-c2ccc3c(c2)CN(C)C(=O)N3OC(=O)C(F)(F)F)cnc1-n1cnn(CC(CN)=C(F)F)c1=O. The molecule has 0 unspecified atom stereocenters. The zero-order valence-electron chi connectivity index (χ0n) is 20.4. The summed E-state index contributed by atoms with van der Waals surface area (Å²) in [7, 11) is 1.33. The lowest BCUT2D eigenvalue weighted by Crippen LogP contribution is -2.48. The number of hydroxylamine groups is 1. The molecule has 1 aromatic carbocycles. The number of nitrogens with two attached hydrogens (primary N) is 1. The van der Waals surface area contributed by atoms with Gasteiger partial charge in [0.15, 0.2) is 0 Å². The molecule has 2 aromatic heterocycles. The molecule has 1 aliphatic heterocycles. The lowest BCUT2D eigenvalue weighted by atomic mass is 10.0. The topological polar surface area (TPSA) is 129 Å². The number of urea groups is 1. The third-order valence-corrected chi connectivity index (χ3v) is 5.81. The van der Waals surface area contributed by atoms with Gasteiger partial charge in [0.2, 0.25) is 0 Å². The molecule has 0 fully saturated rings. The Labute approximate surface area is 216 Å². The summed E-state index contributed by atoms with van der Waals surface area (Å²) in [5.41, 5.74) is 6.17. The molecule has 3 heterocycles. The molecule has 11 nitrogen and oxygen atoms in total. The molecular formula is C23H20F5N7O4. The molecule has 39 heavy (non-hydrogen) atoms. The van der Waals surface area contributed by atoms with E-state index in [-0.39, 0.29) is 23.1 Å². The number of fused-ring (bicyclic) bond motifs is 1. The van der Waals surface area contributed by atoms with Crippen LogP contribution in [0.4, 0.5) is 32.4 Å². The number of hydrogen-bond acceptors (Lipinski definition) is 7. The highest BCUT2D eigenvalue weighted by Gasteiger charge is 2.45. The molecule has 16 heteroatoms. The second-order valence-electron chi connectivity index (χ2n) is 8.53. The Bertz CT molecular complexity index is 1540. The van der Waals surface area contributed by atoms with Gasteiger partial charge in [-0.2, -0.15) is 27.1 Å². The van der Waals surface area contributed by atoms with Crippen LogP contribution in [0.15, 0.2) is 53.2 Å². The summed E-state index contributed by atoms with van der Waals surface area (Å²) in [6, 6.07) is 5.16. The molecule has 0 saturated carbocycles. The zero-order chi connectivity index (χ0) is 28.6. The van der Waals surface area contributed by atoms with Crippen LogP contribution >= 0.6 is 0 Å². The third-order valence-electron chi connectivity index (χ3n) is 5.81. The van der Waals surface area contributed by atoms with E-state index in [1.807, 2.05) is 0 Å².